The van der Waals surface area contributed by atoms with Gasteiger partial charge in [-0.15, -0.1) is 0 Å². The minimum Gasteiger partial charge on any atom is -0.384 e. The number of aliphatic hydroxyl groups excluding tert-OH is 1. The van der Waals surface area contributed by atoms with E-state index >= 15 is 0 Å². The average molecular weight is 306 g/mol. The van der Waals surface area contributed by atoms with Crippen LogP contribution in [0.15, 0.2) is 36.4 Å². The van der Waals surface area contributed by atoms with Gasteiger partial charge in [-0.1, -0.05) is 0 Å². The molecule has 112 valence electrons. The largest absolute Gasteiger partial charge is 0.416 e. The van der Waals surface area contributed by atoms with Crippen molar-refractivity contribution in [3.05, 3.63) is 70.5 Å². The van der Waals surface area contributed by atoms with Crippen molar-refractivity contribution in [1.29, 1.82) is 0 Å². The molecule has 0 aliphatic heterocycles. The van der Waals surface area contributed by atoms with Crippen LogP contribution in [0.25, 0.3) is 0 Å². The molecule has 0 saturated heterocycles. The highest BCUT2D eigenvalue weighted by Crippen LogP contribution is 2.33. The lowest BCUT2D eigenvalue weighted by Gasteiger charge is -2.15. The Morgan fingerprint density at radius 3 is 1.95 bits per heavy atom. The van der Waals surface area contributed by atoms with Crippen molar-refractivity contribution in [3.8, 4) is 0 Å². The monoisotopic (exact) mass is 306 g/mol. The molecule has 1 atom stereocenters. The van der Waals surface area contributed by atoms with Crippen LogP contribution < -0.4 is 0 Å². The zero-order valence-corrected chi connectivity index (χ0v) is 10.3. The number of aliphatic hydroxyl groups is 1. The quantitative estimate of drug-likeness (QED) is 0.824. The first kappa shape index (κ1) is 15.4. The number of hydrogen-bond donors (Lipinski definition) is 1. The topological polar surface area (TPSA) is 20.2 Å². The summed E-state index contributed by atoms with van der Waals surface area (Å²) in [4.78, 5) is 0. The summed E-state index contributed by atoms with van der Waals surface area (Å²) in [5, 5.41) is 9.87. The summed E-state index contributed by atoms with van der Waals surface area (Å²) in [6.45, 7) is 0. The van der Waals surface area contributed by atoms with Gasteiger partial charge < -0.3 is 5.11 Å². The highest BCUT2D eigenvalue weighted by atomic mass is 19.4. The second-order valence-electron chi connectivity index (χ2n) is 4.34. The third-order valence-electron chi connectivity index (χ3n) is 2.82. The third kappa shape index (κ3) is 3.36. The Morgan fingerprint density at radius 1 is 0.857 bits per heavy atom. The Kier molecular flexibility index (Phi) is 3.95. The SMILES string of the molecule is OC(c1cc(F)cc(F)c1)c1cc(C(F)(F)F)ccc1F. The van der Waals surface area contributed by atoms with E-state index in [1.165, 1.54) is 0 Å². The van der Waals surface area contributed by atoms with Gasteiger partial charge in [0.15, 0.2) is 0 Å². The summed E-state index contributed by atoms with van der Waals surface area (Å²) < 4.78 is 77.4. The highest BCUT2D eigenvalue weighted by Gasteiger charge is 2.32. The normalized spacial score (nSPS) is 13.3. The van der Waals surface area contributed by atoms with Crippen LogP contribution in [-0.4, -0.2) is 5.11 Å². The summed E-state index contributed by atoms with van der Waals surface area (Å²) in [7, 11) is 0. The maximum atomic E-state index is 13.6. The summed E-state index contributed by atoms with van der Waals surface area (Å²) in [5.41, 5.74) is -2.27. The number of alkyl halides is 3. The molecular weight excluding hydrogens is 298 g/mol. The summed E-state index contributed by atoms with van der Waals surface area (Å²) >= 11 is 0. The molecule has 0 saturated carbocycles. The van der Waals surface area contributed by atoms with Crippen LogP contribution in [0.4, 0.5) is 26.3 Å². The predicted octanol–water partition coefficient (Wildman–Crippen LogP) is 4.20. The number of rotatable bonds is 2. The van der Waals surface area contributed by atoms with Gasteiger partial charge in [0, 0.05) is 11.6 Å². The minimum absolute atomic E-state index is 0.384. The molecule has 0 amide bonds. The Morgan fingerprint density at radius 2 is 1.43 bits per heavy atom. The molecule has 0 bridgehead atoms. The highest BCUT2D eigenvalue weighted by molar-refractivity contribution is 5.35. The maximum absolute atomic E-state index is 13.6. The second kappa shape index (κ2) is 5.40. The van der Waals surface area contributed by atoms with Crippen LogP contribution in [0.2, 0.25) is 0 Å². The maximum Gasteiger partial charge on any atom is 0.416 e. The molecule has 2 aromatic rings. The van der Waals surface area contributed by atoms with Gasteiger partial charge in [-0.25, -0.2) is 13.2 Å². The molecule has 21 heavy (non-hydrogen) atoms. The van der Waals surface area contributed by atoms with Crippen LogP contribution in [0, 0.1) is 17.5 Å². The molecule has 2 aromatic carbocycles. The van der Waals surface area contributed by atoms with Gasteiger partial charge >= 0.3 is 6.18 Å². The van der Waals surface area contributed by atoms with Gasteiger partial charge in [-0.3, -0.25) is 0 Å². The van der Waals surface area contributed by atoms with E-state index in [1.807, 2.05) is 0 Å². The molecule has 1 N–H and O–H groups in total. The Hall–Kier alpha value is -2.02. The van der Waals surface area contributed by atoms with Crippen LogP contribution in [0.3, 0.4) is 0 Å². The summed E-state index contributed by atoms with van der Waals surface area (Å²) in [6.07, 6.45) is -6.65. The molecular formula is C14H8F6O. The average Bonchev–Trinajstić information content (AvgIpc) is 2.36. The lowest BCUT2D eigenvalue weighted by atomic mass is 9.98. The van der Waals surface area contributed by atoms with E-state index in [0.717, 1.165) is 0 Å². The first-order valence-corrected chi connectivity index (χ1v) is 5.69. The van der Waals surface area contributed by atoms with Crippen molar-refractivity contribution in [1.82, 2.24) is 0 Å². The van der Waals surface area contributed by atoms with Crippen molar-refractivity contribution >= 4 is 0 Å². The van der Waals surface area contributed by atoms with E-state index in [1.54, 1.807) is 0 Å². The molecule has 7 heteroatoms. The Bertz CT molecular complexity index is 645. The number of halogens is 6. The molecule has 0 aromatic heterocycles. The van der Waals surface area contributed by atoms with Crippen LogP contribution in [0.1, 0.15) is 22.8 Å². The third-order valence-corrected chi connectivity index (χ3v) is 2.82. The van der Waals surface area contributed by atoms with Crippen molar-refractivity contribution in [3.63, 3.8) is 0 Å². The molecule has 0 radical (unpaired) electrons. The molecule has 1 unspecified atom stereocenters. The van der Waals surface area contributed by atoms with Crippen LogP contribution >= 0.6 is 0 Å². The van der Waals surface area contributed by atoms with Gasteiger partial charge in [0.25, 0.3) is 0 Å². The fourth-order valence-corrected chi connectivity index (χ4v) is 1.84. The fraction of sp³-hybridized carbons (Fsp3) is 0.143. The minimum atomic E-state index is -4.73. The molecule has 0 heterocycles. The lowest BCUT2D eigenvalue weighted by Crippen LogP contribution is -2.09. The molecule has 0 fully saturated rings. The van der Waals surface area contributed by atoms with E-state index in [0.29, 0.717) is 36.4 Å². The molecule has 0 spiro atoms. The van der Waals surface area contributed by atoms with Gasteiger partial charge in [0.1, 0.15) is 23.6 Å². The fourth-order valence-electron chi connectivity index (χ4n) is 1.84. The second-order valence-corrected chi connectivity index (χ2v) is 4.34. The van der Waals surface area contributed by atoms with Gasteiger partial charge in [-0.2, -0.15) is 13.2 Å². The van der Waals surface area contributed by atoms with Gasteiger partial charge in [0.2, 0.25) is 0 Å². The Labute approximate surface area is 115 Å². The standard InChI is InChI=1S/C14H8F6O/c15-9-3-7(4-10(16)6-9)13(21)11-5-8(14(18,19)20)1-2-12(11)17/h1-6,13,21H. The van der Waals surface area contributed by atoms with E-state index in [-0.39, 0.29) is 5.56 Å². The van der Waals surface area contributed by atoms with Crippen molar-refractivity contribution < 1.29 is 31.4 Å². The smallest absolute Gasteiger partial charge is 0.384 e. The van der Waals surface area contributed by atoms with E-state index in [2.05, 4.69) is 0 Å². The molecule has 0 aliphatic carbocycles. The zero-order chi connectivity index (χ0) is 15.8. The number of benzene rings is 2. The molecule has 2 rings (SSSR count). The molecule has 0 aliphatic rings. The zero-order valence-electron chi connectivity index (χ0n) is 10.3. The Balaban J connectivity index is 2.49. The van der Waals surface area contributed by atoms with E-state index < -0.39 is 40.9 Å². The summed E-state index contributed by atoms with van der Waals surface area (Å²) in [6, 6.07) is 3.41. The first-order valence-electron chi connectivity index (χ1n) is 5.69. The first-order chi connectivity index (χ1) is 9.68. The lowest BCUT2D eigenvalue weighted by molar-refractivity contribution is -0.137. The van der Waals surface area contributed by atoms with Crippen molar-refractivity contribution in [2.75, 3.05) is 0 Å². The summed E-state index contributed by atoms with van der Waals surface area (Å²) in [5.74, 6) is -3.17. The number of hydrogen-bond acceptors (Lipinski definition) is 1. The van der Waals surface area contributed by atoms with E-state index in [4.69, 9.17) is 0 Å². The predicted molar refractivity (Wildman–Crippen MR) is 61.8 cm³/mol. The van der Waals surface area contributed by atoms with Gasteiger partial charge in [0.05, 0.1) is 5.56 Å². The van der Waals surface area contributed by atoms with Crippen LogP contribution in [0.5, 0.6) is 0 Å². The van der Waals surface area contributed by atoms with Crippen molar-refractivity contribution in [2.45, 2.75) is 12.3 Å². The molecule has 1 nitrogen and oxygen atoms in total. The van der Waals surface area contributed by atoms with Crippen molar-refractivity contribution in [2.24, 2.45) is 0 Å². The van der Waals surface area contributed by atoms with Gasteiger partial charge in [-0.05, 0) is 35.9 Å². The van der Waals surface area contributed by atoms with Crippen LogP contribution in [-0.2, 0) is 6.18 Å². The van der Waals surface area contributed by atoms with E-state index in [9.17, 15) is 31.4 Å².